The zero-order chi connectivity index (χ0) is 8.39. The van der Waals surface area contributed by atoms with Crippen molar-refractivity contribution in [2.75, 3.05) is 18.5 Å². The summed E-state index contributed by atoms with van der Waals surface area (Å²) in [6, 6.07) is 3.42. The van der Waals surface area contributed by atoms with Gasteiger partial charge in [0.05, 0.1) is 6.54 Å². The van der Waals surface area contributed by atoms with Gasteiger partial charge in [-0.3, -0.25) is 0 Å². The fourth-order valence-electron chi connectivity index (χ4n) is 1.07. The van der Waals surface area contributed by atoms with Crippen LogP contribution < -0.4 is 10.1 Å². The first-order valence-electron chi connectivity index (χ1n) is 3.65. The van der Waals surface area contributed by atoms with E-state index in [1.165, 1.54) is 0 Å². The van der Waals surface area contributed by atoms with Crippen LogP contribution in [0.25, 0.3) is 4.85 Å². The third kappa shape index (κ3) is 1.05. The number of aromatic nitrogens is 1. The maximum Gasteiger partial charge on any atom is 0.272 e. The average Bonchev–Trinajstić information content (AvgIpc) is 2.17. The van der Waals surface area contributed by atoms with Crippen LogP contribution in [-0.2, 0) is 0 Å². The number of ether oxygens (including phenoxy) is 1. The first kappa shape index (κ1) is 6.92. The predicted molar refractivity (Wildman–Crippen MR) is 44.5 cm³/mol. The SMILES string of the molecule is [C-]#[N+]c1ccc2c(n1)NCCO2. The van der Waals surface area contributed by atoms with Crippen LogP contribution in [0.15, 0.2) is 12.1 Å². The molecule has 0 aromatic carbocycles. The molecular formula is C8H7N3O. The van der Waals surface area contributed by atoms with Crippen molar-refractivity contribution >= 4 is 11.6 Å². The fourth-order valence-corrected chi connectivity index (χ4v) is 1.07. The molecule has 2 heterocycles. The van der Waals surface area contributed by atoms with Gasteiger partial charge in [-0.25, -0.2) is 0 Å². The van der Waals surface area contributed by atoms with Crippen molar-refractivity contribution in [2.24, 2.45) is 0 Å². The molecule has 1 aromatic heterocycles. The number of rotatable bonds is 0. The van der Waals surface area contributed by atoms with Crippen LogP contribution in [-0.4, -0.2) is 18.1 Å². The zero-order valence-corrected chi connectivity index (χ0v) is 6.37. The molecule has 0 fully saturated rings. The van der Waals surface area contributed by atoms with Crippen LogP contribution in [0.4, 0.5) is 11.6 Å². The smallest absolute Gasteiger partial charge is 0.272 e. The van der Waals surface area contributed by atoms with Crippen molar-refractivity contribution in [3.63, 3.8) is 0 Å². The highest BCUT2D eigenvalue weighted by Gasteiger charge is 2.13. The Bertz CT molecular complexity index is 343. The summed E-state index contributed by atoms with van der Waals surface area (Å²) >= 11 is 0. The summed E-state index contributed by atoms with van der Waals surface area (Å²) in [6.45, 7) is 8.17. The van der Waals surface area contributed by atoms with Crippen LogP contribution in [0.5, 0.6) is 5.75 Å². The van der Waals surface area contributed by atoms with Gasteiger partial charge in [0.1, 0.15) is 6.61 Å². The van der Waals surface area contributed by atoms with Crippen LogP contribution >= 0.6 is 0 Å². The molecule has 2 rings (SSSR count). The molecule has 0 aliphatic carbocycles. The minimum atomic E-state index is 0.395. The molecule has 0 saturated heterocycles. The molecule has 0 bridgehead atoms. The lowest BCUT2D eigenvalue weighted by molar-refractivity contribution is 0.321. The topological polar surface area (TPSA) is 38.5 Å². The van der Waals surface area contributed by atoms with Gasteiger partial charge in [0.2, 0.25) is 0 Å². The normalized spacial score (nSPS) is 13.6. The molecule has 0 saturated carbocycles. The Kier molecular flexibility index (Phi) is 1.56. The summed E-state index contributed by atoms with van der Waals surface area (Å²) in [6.07, 6.45) is 0. The van der Waals surface area contributed by atoms with Crippen molar-refractivity contribution in [1.82, 2.24) is 4.98 Å². The molecule has 0 unspecified atom stereocenters. The quantitative estimate of drug-likeness (QED) is 0.585. The maximum absolute atomic E-state index is 6.75. The van der Waals surface area contributed by atoms with E-state index in [0.29, 0.717) is 18.2 Å². The number of anilines is 1. The average molecular weight is 161 g/mol. The Hall–Kier alpha value is -1.76. The van der Waals surface area contributed by atoms with Crippen LogP contribution in [0.3, 0.4) is 0 Å². The standard InChI is InChI=1S/C8H7N3O/c1-9-7-3-2-6-8(11-7)10-4-5-12-6/h2-3H,4-5H2,(H,10,11). The van der Waals surface area contributed by atoms with Gasteiger partial charge in [-0.1, -0.05) is 11.6 Å². The minimum Gasteiger partial charge on any atom is -0.486 e. The van der Waals surface area contributed by atoms with Crippen molar-refractivity contribution in [3.8, 4) is 5.75 Å². The van der Waals surface area contributed by atoms with Gasteiger partial charge < -0.3 is 14.9 Å². The number of hydrogen-bond donors (Lipinski definition) is 1. The number of fused-ring (bicyclic) bond motifs is 1. The molecule has 4 heteroatoms. The van der Waals surface area contributed by atoms with Gasteiger partial charge in [-0.2, -0.15) is 0 Å². The van der Waals surface area contributed by atoms with E-state index in [4.69, 9.17) is 11.3 Å². The fraction of sp³-hybridized carbons (Fsp3) is 0.250. The molecule has 1 aliphatic rings. The maximum atomic E-state index is 6.75. The highest BCUT2D eigenvalue weighted by atomic mass is 16.5. The second-order valence-electron chi connectivity index (χ2n) is 2.40. The van der Waals surface area contributed by atoms with E-state index in [1.807, 2.05) is 0 Å². The van der Waals surface area contributed by atoms with Gasteiger partial charge >= 0.3 is 0 Å². The van der Waals surface area contributed by atoms with E-state index in [0.717, 1.165) is 12.3 Å². The molecule has 1 aliphatic heterocycles. The molecule has 1 N–H and O–H groups in total. The largest absolute Gasteiger partial charge is 0.486 e. The molecule has 1 aromatic rings. The van der Waals surface area contributed by atoms with E-state index >= 15 is 0 Å². The Morgan fingerprint density at radius 1 is 1.58 bits per heavy atom. The molecule has 0 atom stereocenters. The number of nitrogens with one attached hydrogen (secondary N) is 1. The van der Waals surface area contributed by atoms with Crippen LogP contribution in [0.2, 0.25) is 0 Å². The molecule has 12 heavy (non-hydrogen) atoms. The first-order chi connectivity index (χ1) is 5.90. The molecule has 60 valence electrons. The van der Waals surface area contributed by atoms with Crippen molar-refractivity contribution < 1.29 is 4.74 Å². The van der Waals surface area contributed by atoms with E-state index in [1.54, 1.807) is 12.1 Å². The third-order valence-corrected chi connectivity index (χ3v) is 1.61. The Morgan fingerprint density at radius 3 is 3.33 bits per heavy atom. The van der Waals surface area contributed by atoms with E-state index in [-0.39, 0.29) is 0 Å². The number of hydrogen-bond acceptors (Lipinski definition) is 3. The molecule has 0 spiro atoms. The summed E-state index contributed by atoms with van der Waals surface area (Å²) in [5.74, 6) is 1.80. The third-order valence-electron chi connectivity index (χ3n) is 1.61. The second-order valence-corrected chi connectivity index (χ2v) is 2.40. The predicted octanol–water partition coefficient (Wildman–Crippen LogP) is 1.44. The molecule has 0 radical (unpaired) electrons. The molecule has 0 amide bonds. The van der Waals surface area contributed by atoms with Gasteiger partial charge in [-0.15, -0.1) is 0 Å². The zero-order valence-electron chi connectivity index (χ0n) is 6.37. The molecular weight excluding hydrogens is 154 g/mol. The summed E-state index contributed by atoms with van der Waals surface area (Å²) in [5, 5.41) is 3.06. The number of pyridine rings is 1. The van der Waals surface area contributed by atoms with Crippen LogP contribution in [0, 0.1) is 6.57 Å². The highest BCUT2D eigenvalue weighted by molar-refractivity contribution is 5.56. The monoisotopic (exact) mass is 161 g/mol. The number of nitrogens with zero attached hydrogens (tertiary/aromatic N) is 2. The molecule has 4 nitrogen and oxygen atoms in total. The van der Waals surface area contributed by atoms with Gasteiger partial charge in [0, 0.05) is 0 Å². The summed E-state index contributed by atoms with van der Waals surface area (Å²) in [5.41, 5.74) is 0. The van der Waals surface area contributed by atoms with Gasteiger partial charge in [0.25, 0.3) is 11.6 Å². The summed E-state index contributed by atoms with van der Waals surface area (Å²) < 4.78 is 5.30. The van der Waals surface area contributed by atoms with Crippen molar-refractivity contribution in [1.29, 1.82) is 0 Å². The minimum absolute atomic E-state index is 0.395. The van der Waals surface area contributed by atoms with E-state index in [2.05, 4.69) is 15.1 Å². The lowest BCUT2D eigenvalue weighted by Crippen LogP contribution is -2.18. The summed E-state index contributed by atoms with van der Waals surface area (Å²) in [4.78, 5) is 7.26. The summed E-state index contributed by atoms with van der Waals surface area (Å²) in [7, 11) is 0. The Balaban J connectivity index is 2.44. The van der Waals surface area contributed by atoms with E-state index in [9.17, 15) is 0 Å². The van der Waals surface area contributed by atoms with Gasteiger partial charge in [-0.05, 0) is 12.1 Å². The Labute approximate surface area is 70.0 Å². The highest BCUT2D eigenvalue weighted by Crippen LogP contribution is 2.27. The first-order valence-corrected chi connectivity index (χ1v) is 3.65. The van der Waals surface area contributed by atoms with Crippen molar-refractivity contribution in [2.45, 2.75) is 0 Å². The lowest BCUT2D eigenvalue weighted by atomic mass is 10.3. The second kappa shape index (κ2) is 2.70. The van der Waals surface area contributed by atoms with Crippen molar-refractivity contribution in [3.05, 3.63) is 23.5 Å². The Morgan fingerprint density at radius 2 is 2.50 bits per heavy atom. The lowest BCUT2D eigenvalue weighted by Gasteiger charge is -2.14. The van der Waals surface area contributed by atoms with E-state index < -0.39 is 0 Å². The van der Waals surface area contributed by atoms with Crippen LogP contribution in [0.1, 0.15) is 0 Å². The van der Waals surface area contributed by atoms with Gasteiger partial charge in [0.15, 0.2) is 5.75 Å².